The molecule has 112 valence electrons. The van der Waals surface area contributed by atoms with Gasteiger partial charge >= 0.3 is 0 Å². The monoisotopic (exact) mass is 309 g/mol. The van der Waals surface area contributed by atoms with Crippen molar-refractivity contribution in [3.05, 3.63) is 53.8 Å². The van der Waals surface area contributed by atoms with Crippen LogP contribution in [0.3, 0.4) is 0 Å². The van der Waals surface area contributed by atoms with Crippen LogP contribution in [0, 0.1) is 5.82 Å². The Bertz CT molecular complexity index is 740. The predicted molar refractivity (Wildman–Crippen MR) is 78.6 cm³/mol. The number of ether oxygens (including phenoxy) is 1. The summed E-state index contributed by atoms with van der Waals surface area (Å²) in [6.07, 6.45) is 1.14. The number of sulfone groups is 1. The molecule has 0 heterocycles. The minimum Gasteiger partial charge on any atom is -0.457 e. The van der Waals surface area contributed by atoms with Crippen LogP contribution in [0.15, 0.2) is 47.4 Å². The summed E-state index contributed by atoms with van der Waals surface area (Å²) in [5.74, 6) is 0.511. The van der Waals surface area contributed by atoms with E-state index in [9.17, 15) is 12.8 Å². The fourth-order valence-corrected chi connectivity index (χ4v) is 2.48. The molecule has 6 heteroatoms. The molecule has 1 atom stereocenters. The molecular weight excluding hydrogens is 293 g/mol. The molecule has 0 amide bonds. The molecule has 2 aromatic rings. The first-order chi connectivity index (χ1) is 9.77. The maximum absolute atomic E-state index is 13.3. The summed E-state index contributed by atoms with van der Waals surface area (Å²) in [4.78, 5) is 0.210. The van der Waals surface area contributed by atoms with E-state index in [2.05, 4.69) is 0 Å². The zero-order chi connectivity index (χ0) is 15.6. The lowest BCUT2D eigenvalue weighted by molar-refractivity contribution is 0.468. The Morgan fingerprint density at radius 3 is 2.29 bits per heavy atom. The largest absolute Gasteiger partial charge is 0.457 e. The lowest BCUT2D eigenvalue weighted by Gasteiger charge is -2.14. The Kier molecular flexibility index (Phi) is 4.29. The van der Waals surface area contributed by atoms with Gasteiger partial charge in [-0.25, -0.2) is 12.8 Å². The van der Waals surface area contributed by atoms with Gasteiger partial charge in [-0.15, -0.1) is 0 Å². The maximum Gasteiger partial charge on any atom is 0.175 e. The van der Waals surface area contributed by atoms with E-state index in [-0.39, 0.29) is 16.8 Å². The third-order valence-corrected chi connectivity index (χ3v) is 4.07. The molecule has 2 aromatic carbocycles. The average molecular weight is 309 g/mol. The second-order valence-electron chi connectivity index (χ2n) is 4.82. The van der Waals surface area contributed by atoms with Crippen LogP contribution in [0.5, 0.6) is 11.5 Å². The number of benzene rings is 2. The molecule has 2 N–H and O–H groups in total. The normalized spacial score (nSPS) is 13.0. The molecule has 0 aliphatic heterocycles. The second kappa shape index (κ2) is 5.83. The van der Waals surface area contributed by atoms with Crippen molar-refractivity contribution >= 4 is 9.84 Å². The summed E-state index contributed by atoms with van der Waals surface area (Å²) in [5, 5.41) is 0. The third-order valence-electron chi connectivity index (χ3n) is 2.94. The van der Waals surface area contributed by atoms with Crippen molar-refractivity contribution in [1.82, 2.24) is 0 Å². The number of rotatable bonds is 4. The molecular formula is C15H16FNO3S. The fraction of sp³-hybridized carbons (Fsp3) is 0.200. The number of hydrogen-bond acceptors (Lipinski definition) is 4. The summed E-state index contributed by atoms with van der Waals surface area (Å²) in [5.41, 5.74) is 6.34. The van der Waals surface area contributed by atoms with Gasteiger partial charge in [0.05, 0.1) is 4.90 Å². The van der Waals surface area contributed by atoms with Crippen LogP contribution < -0.4 is 10.5 Å². The van der Waals surface area contributed by atoms with Gasteiger partial charge in [0.15, 0.2) is 9.84 Å². The lowest BCUT2D eigenvalue weighted by atomic mass is 10.1. The first-order valence-corrected chi connectivity index (χ1v) is 8.19. The van der Waals surface area contributed by atoms with E-state index in [1.54, 1.807) is 19.1 Å². The molecule has 0 saturated heterocycles. The molecule has 0 unspecified atom stereocenters. The van der Waals surface area contributed by atoms with Crippen molar-refractivity contribution < 1.29 is 17.5 Å². The topological polar surface area (TPSA) is 69.4 Å². The van der Waals surface area contributed by atoms with Crippen LogP contribution in [-0.4, -0.2) is 14.7 Å². The van der Waals surface area contributed by atoms with Crippen molar-refractivity contribution in [3.63, 3.8) is 0 Å². The summed E-state index contributed by atoms with van der Waals surface area (Å²) in [6, 6.07) is 9.73. The standard InChI is InChI=1S/C15H16FNO3S/c1-10(17)14-9-11(16)3-8-15(14)20-12-4-6-13(7-5-12)21(2,18)19/h3-10H,17H2,1-2H3/t10-/m0/s1. The van der Waals surface area contributed by atoms with E-state index in [0.717, 1.165) is 6.26 Å². The molecule has 0 spiro atoms. The van der Waals surface area contributed by atoms with Crippen molar-refractivity contribution in [1.29, 1.82) is 0 Å². The zero-order valence-corrected chi connectivity index (χ0v) is 12.5. The first-order valence-electron chi connectivity index (χ1n) is 6.30. The molecule has 0 aliphatic carbocycles. The van der Waals surface area contributed by atoms with Crippen LogP contribution in [-0.2, 0) is 9.84 Å². The highest BCUT2D eigenvalue weighted by atomic mass is 32.2. The predicted octanol–water partition coefficient (Wildman–Crippen LogP) is 3.04. The second-order valence-corrected chi connectivity index (χ2v) is 6.83. The maximum atomic E-state index is 13.3. The summed E-state index contributed by atoms with van der Waals surface area (Å²) in [7, 11) is -3.24. The van der Waals surface area contributed by atoms with Gasteiger partial charge < -0.3 is 10.5 Å². The highest BCUT2D eigenvalue weighted by molar-refractivity contribution is 7.90. The Morgan fingerprint density at radius 1 is 1.14 bits per heavy atom. The summed E-state index contributed by atoms with van der Waals surface area (Å²) >= 11 is 0. The van der Waals surface area contributed by atoms with Crippen molar-refractivity contribution in [2.24, 2.45) is 5.73 Å². The Labute approximate surface area is 123 Å². The number of hydrogen-bond donors (Lipinski definition) is 1. The average Bonchev–Trinajstić information content (AvgIpc) is 2.40. The molecule has 0 radical (unpaired) electrons. The van der Waals surface area contributed by atoms with Gasteiger partial charge in [0, 0.05) is 17.9 Å². The van der Waals surface area contributed by atoms with Crippen LogP contribution in [0.2, 0.25) is 0 Å². The third kappa shape index (κ3) is 3.80. The van der Waals surface area contributed by atoms with Crippen molar-refractivity contribution in [2.45, 2.75) is 17.9 Å². The minimum absolute atomic E-state index is 0.210. The molecule has 0 bridgehead atoms. The molecule has 0 aromatic heterocycles. The van der Waals surface area contributed by atoms with E-state index < -0.39 is 9.84 Å². The quantitative estimate of drug-likeness (QED) is 0.942. The van der Waals surface area contributed by atoms with Gasteiger partial charge in [0.2, 0.25) is 0 Å². The van der Waals surface area contributed by atoms with Crippen LogP contribution in [0.4, 0.5) is 4.39 Å². The van der Waals surface area contributed by atoms with Gasteiger partial charge in [-0.05, 0) is 49.4 Å². The molecule has 0 aliphatic rings. The minimum atomic E-state index is -3.24. The summed E-state index contributed by atoms with van der Waals surface area (Å²) in [6.45, 7) is 1.73. The molecule has 4 nitrogen and oxygen atoms in total. The number of nitrogens with two attached hydrogens (primary N) is 1. The molecule has 0 saturated carbocycles. The van der Waals surface area contributed by atoms with Gasteiger partial charge in [-0.1, -0.05) is 0 Å². The van der Waals surface area contributed by atoms with E-state index in [1.807, 2.05) is 0 Å². The lowest BCUT2D eigenvalue weighted by Crippen LogP contribution is -2.07. The van der Waals surface area contributed by atoms with Crippen molar-refractivity contribution in [3.8, 4) is 11.5 Å². The summed E-state index contributed by atoms with van der Waals surface area (Å²) < 4.78 is 41.7. The molecule has 21 heavy (non-hydrogen) atoms. The highest BCUT2D eigenvalue weighted by Crippen LogP contribution is 2.30. The van der Waals surface area contributed by atoms with Gasteiger partial charge in [-0.3, -0.25) is 0 Å². The smallest absolute Gasteiger partial charge is 0.175 e. The molecule has 0 fully saturated rings. The highest BCUT2D eigenvalue weighted by Gasteiger charge is 2.11. The van der Waals surface area contributed by atoms with Crippen LogP contribution in [0.25, 0.3) is 0 Å². The van der Waals surface area contributed by atoms with Crippen molar-refractivity contribution in [2.75, 3.05) is 6.26 Å². The van der Waals surface area contributed by atoms with E-state index in [0.29, 0.717) is 17.1 Å². The van der Waals surface area contributed by atoms with Gasteiger partial charge in [-0.2, -0.15) is 0 Å². The Hall–Kier alpha value is -1.92. The van der Waals surface area contributed by atoms with Gasteiger partial charge in [0.25, 0.3) is 0 Å². The first kappa shape index (κ1) is 15.5. The number of halogens is 1. The van der Waals surface area contributed by atoms with Crippen LogP contribution in [0.1, 0.15) is 18.5 Å². The fourth-order valence-electron chi connectivity index (χ4n) is 1.85. The SMILES string of the molecule is C[C@H](N)c1cc(F)ccc1Oc1ccc(S(C)(=O)=O)cc1. The Balaban J connectivity index is 2.30. The Morgan fingerprint density at radius 2 is 1.76 bits per heavy atom. The van der Waals surface area contributed by atoms with E-state index in [1.165, 1.54) is 30.3 Å². The zero-order valence-electron chi connectivity index (χ0n) is 11.7. The van der Waals surface area contributed by atoms with E-state index >= 15 is 0 Å². The van der Waals surface area contributed by atoms with Crippen LogP contribution >= 0.6 is 0 Å². The molecule has 2 rings (SSSR count). The van der Waals surface area contributed by atoms with Gasteiger partial charge in [0.1, 0.15) is 17.3 Å². The van der Waals surface area contributed by atoms with E-state index in [4.69, 9.17) is 10.5 Å².